The molecule has 1 aromatic carbocycles. The number of nitrogens with zero attached hydrogens (tertiary/aromatic N) is 2. The predicted molar refractivity (Wildman–Crippen MR) is 108 cm³/mol. The van der Waals surface area contributed by atoms with Crippen LogP contribution in [-0.2, 0) is 6.42 Å². The number of guanidine groups is 1. The van der Waals surface area contributed by atoms with Crippen molar-refractivity contribution in [1.82, 2.24) is 15.6 Å². The molecule has 0 saturated carbocycles. The largest absolute Gasteiger partial charge is 0.494 e. The van der Waals surface area contributed by atoms with E-state index in [1.807, 2.05) is 13.0 Å². The number of pyridine rings is 1. The number of nitrogens with one attached hydrogen (secondary N) is 2. The first-order valence-electron chi connectivity index (χ1n) is 9.18. The van der Waals surface area contributed by atoms with Gasteiger partial charge in [0, 0.05) is 25.8 Å². The SMILES string of the molecule is CCNC(=NCCCCOc1ccc(F)cc1)NCCc1ccc(Cl)nc1. The van der Waals surface area contributed by atoms with Crippen LogP contribution in [-0.4, -0.2) is 37.2 Å². The van der Waals surface area contributed by atoms with Gasteiger partial charge in [-0.05, 0) is 62.1 Å². The summed E-state index contributed by atoms with van der Waals surface area (Å²) in [5, 5.41) is 7.06. The number of halogens is 2. The Hall–Kier alpha value is -2.34. The third kappa shape index (κ3) is 8.73. The molecule has 2 N–H and O–H groups in total. The fourth-order valence-electron chi connectivity index (χ4n) is 2.35. The summed E-state index contributed by atoms with van der Waals surface area (Å²) in [5.74, 6) is 1.23. The van der Waals surface area contributed by atoms with E-state index in [0.29, 0.717) is 24.1 Å². The first-order chi connectivity index (χ1) is 13.2. The maximum Gasteiger partial charge on any atom is 0.191 e. The molecule has 0 bridgehead atoms. The highest BCUT2D eigenvalue weighted by Crippen LogP contribution is 2.11. The molecule has 0 amide bonds. The molecule has 2 rings (SSSR count). The Morgan fingerprint density at radius 2 is 1.96 bits per heavy atom. The van der Waals surface area contributed by atoms with Gasteiger partial charge in [-0.15, -0.1) is 0 Å². The molecule has 1 aromatic heterocycles. The average Bonchev–Trinajstić information content (AvgIpc) is 2.67. The highest BCUT2D eigenvalue weighted by Gasteiger charge is 1.99. The summed E-state index contributed by atoms with van der Waals surface area (Å²) in [7, 11) is 0. The van der Waals surface area contributed by atoms with E-state index < -0.39 is 0 Å². The molecule has 7 heteroatoms. The molecule has 0 aliphatic carbocycles. The molecule has 0 saturated heterocycles. The van der Waals surface area contributed by atoms with E-state index in [-0.39, 0.29) is 5.82 Å². The van der Waals surface area contributed by atoms with E-state index in [2.05, 4.69) is 20.6 Å². The van der Waals surface area contributed by atoms with E-state index in [1.165, 1.54) is 12.1 Å². The normalized spacial score (nSPS) is 11.3. The fraction of sp³-hybridized carbons (Fsp3) is 0.400. The highest BCUT2D eigenvalue weighted by molar-refractivity contribution is 6.29. The second kappa shape index (κ2) is 12.1. The van der Waals surface area contributed by atoms with Crippen LogP contribution in [0.4, 0.5) is 4.39 Å². The number of aliphatic imine (C=N–C) groups is 1. The van der Waals surface area contributed by atoms with Crippen molar-refractivity contribution in [2.75, 3.05) is 26.2 Å². The van der Waals surface area contributed by atoms with Gasteiger partial charge in [0.15, 0.2) is 5.96 Å². The lowest BCUT2D eigenvalue weighted by molar-refractivity contribution is 0.307. The molecular weight excluding hydrogens is 367 g/mol. The molecule has 0 aliphatic heterocycles. The summed E-state index contributed by atoms with van der Waals surface area (Å²) >= 11 is 5.79. The number of aromatic nitrogens is 1. The van der Waals surface area contributed by atoms with Gasteiger partial charge >= 0.3 is 0 Å². The number of hydrogen-bond acceptors (Lipinski definition) is 3. The van der Waals surface area contributed by atoms with Crippen LogP contribution in [0.3, 0.4) is 0 Å². The Morgan fingerprint density at radius 1 is 1.15 bits per heavy atom. The number of ether oxygens (including phenoxy) is 1. The van der Waals surface area contributed by atoms with Gasteiger partial charge in [-0.3, -0.25) is 4.99 Å². The van der Waals surface area contributed by atoms with Crippen LogP contribution < -0.4 is 15.4 Å². The second-order valence-corrected chi connectivity index (χ2v) is 6.32. The summed E-state index contributed by atoms with van der Waals surface area (Å²) < 4.78 is 18.4. The van der Waals surface area contributed by atoms with Crippen LogP contribution in [0.15, 0.2) is 47.6 Å². The Morgan fingerprint density at radius 3 is 2.67 bits per heavy atom. The van der Waals surface area contributed by atoms with Gasteiger partial charge in [-0.2, -0.15) is 0 Å². The second-order valence-electron chi connectivity index (χ2n) is 5.94. The van der Waals surface area contributed by atoms with Crippen molar-refractivity contribution in [1.29, 1.82) is 0 Å². The predicted octanol–water partition coefficient (Wildman–Crippen LogP) is 3.83. The van der Waals surface area contributed by atoms with Gasteiger partial charge in [0.1, 0.15) is 16.7 Å². The maximum absolute atomic E-state index is 12.8. The molecule has 146 valence electrons. The van der Waals surface area contributed by atoms with Crippen LogP contribution in [0.5, 0.6) is 5.75 Å². The lowest BCUT2D eigenvalue weighted by Gasteiger charge is -2.11. The molecule has 0 fully saturated rings. The molecule has 0 spiro atoms. The molecule has 27 heavy (non-hydrogen) atoms. The molecule has 2 aromatic rings. The standard InChI is InChI=1S/C20H26ClFN4O/c1-2-23-20(25-13-11-16-5-10-19(21)26-15-16)24-12-3-4-14-27-18-8-6-17(22)7-9-18/h5-10,15H,2-4,11-14H2,1H3,(H2,23,24,25). The third-order valence-corrected chi connectivity index (χ3v) is 3.97. The van der Waals surface area contributed by atoms with E-state index in [9.17, 15) is 4.39 Å². The first-order valence-corrected chi connectivity index (χ1v) is 9.56. The minimum atomic E-state index is -0.257. The van der Waals surface area contributed by atoms with Gasteiger partial charge in [-0.25, -0.2) is 9.37 Å². The van der Waals surface area contributed by atoms with Crippen LogP contribution in [0.25, 0.3) is 0 Å². The fourth-order valence-corrected chi connectivity index (χ4v) is 2.46. The lowest BCUT2D eigenvalue weighted by Crippen LogP contribution is -2.38. The van der Waals surface area contributed by atoms with E-state index in [1.54, 1.807) is 24.4 Å². The Bertz CT molecular complexity index is 692. The van der Waals surface area contributed by atoms with Crippen molar-refractivity contribution >= 4 is 17.6 Å². The summed E-state index contributed by atoms with van der Waals surface area (Å²) in [5.41, 5.74) is 1.13. The minimum Gasteiger partial charge on any atom is -0.494 e. The number of benzene rings is 1. The summed E-state index contributed by atoms with van der Waals surface area (Å²) in [4.78, 5) is 8.65. The summed E-state index contributed by atoms with van der Waals surface area (Å²) in [6, 6.07) is 9.84. The molecule has 0 atom stereocenters. The molecule has 0 radical (unpaired) electrons. The van der Waals surface area contributed by atoms with Crippen molar-refractivity contribution in [2.24, 2.45) is 4.99 Å². The number of rotatable bonds is 10. The highest BCUT2D eigenvalue weighted by atomic mass is 35.5. The van der Waals surface area contributed by atoms with E-state index in [4.69, 9.17) is 16.3 Å². The van der Waals surface area contributed by atoms with Crippen molar-refractivity contribution in [3.8, 4) is 5.75 Å². The molecule has 0 unspecified atom stereocenters. The van der Waals surface area contributed by atoms with Crippen molar-refractivity contribution < 1.29 is 9.13 Å². The molecule has 0 aliphatic rings. The number of hydrogen-bond donors (Lipinski definition) is 2. The monoisotopic (exact) mass is 392 g/mol. The van der Waals surface area contributed by atoms with E-state index >= 15 is 0 Å². The van der Waals surface area contributed by atoms with E-state index in [0.717, 1.165) is 43.9 Å². The Kier molecular flexibility index (Phi) is 9.41. The minimum absolute atomic E-state index is 0.257. The number of unbranched alkanes of at least 4 members (excludes halogenated alkanes) is 1. The first kappa shape index (κ1) is 21.0. The molecule has 1 heterocycles. The Balaban J connectivity index is 1.63. The van der Waals surface area contributed by atoms with Crippen LogP contribution in [0.2, 0.25) is 5.15 Å². The third-order valence-electron chi connectivity index (χ3n) is 3.74. The Labute approximate surface area is 165 Å². The summed E-state index contributed by atoms with van der Waals surface area (Å²) in [6.07, 6.45) is 4.44. The topological polar surface area (TPSA) is 58.5 Å². The molecular formula is C20H26ClFN4O. The smallest absolute Gasteiger partial charge is 0.191 e. The van der Waals surface area contributed by atoms with Crippen LogP contribution in [0.1, 0.15) is 25.3 Å². The average molecular weight is 393 g/mol. The zero-order valence-corrected chi connectivity index (χ0v) is 16.3. The van der Waals surface area contributed by atoms with Crippen LogP contribution in [0, 0.1) is 5.82 Å². The molecule has 5 nitrogen and oxygen atoms in total. The van der Waals surface area contributed by atoms with Crippen molar-refractivity contribution in [3.63, 3.8) is 0 Å². The van der Waals surface area contributed by atoms with Gasteiger partial charge in [0.25, 0.3) is 0 Å². The van der Waals surface area contributed by atoms with Crippen molar-refractivity contribution in [2.45, 2.75) is 26.2 Å². The lowest BCUT2D eigenvalue weighted by atomic mass is 10.2. The zero-order chi connectivity index (χ0) is 19.3. The van der Waals surface area contributed by atoms with Gasteiger partial charge in [-0.1, -0.05) is 17.7 Å². The van der Waals surface area contributed by atoms with Gasteiger partial charge in [0.05, 0.1) is 6.61 Å². The van der Waals surface area contributed by atoms with Crippen LogP contribution >= 0.6 is 11.6 Å². The van der Waals surface area contributed by atoms with Crippen molar-refractivity contribution in [3.05, 3.63) is 59.1 Å². The maximum atomic E-state index is 12.8. The van der Waals surface area contributed by atoms with Gasteiger partial charge in [0.2, 0.25) is 0 Å². The van der Waals surface area contributed by atoms with Gasteiger partial charge < -0.3 is 15.4 Å². The summed E-state index contributed by atoms with van der Waals surface area (Å²) in [6.45, 7) is 4.92. The quantitative estimate of drug-likeness (QED) is 0.279. The zero-order valence-electron chi connectivity index (χ0n) is 15.5.